The minimum atomic E-state index is -4.88. The molecule has 1 N–H and O–H groups in total. The molecule has 0 atom stereocenters. The van der Waals surface area contributed by atoms with E-state index in [9.17, 15) is 18.0 Å². The van der Waals surface area contributed by atoms with E-state index in [1.54, 1.807) is 0 Å². The van der Waals surface area contributed by atoms with Crippen molar-refractivity contribution < 1.29 is 27.8 Å². The number of halogens is 5. The monoisotopic (exact) mass is 318 g/mol. The topological polar surface area (TPSA) is 46.5 Å². The Hall–Kier alpha value is -0.950. The summed E-state index contributed by atoms with van der Waals surface area (Å²) in [5.41, 5.74) is -0.250. The van der Waals surface area contributed by atoms with Crippen LogP contribution in [0.2, 0.25) is 5.02 Å². The molecule has 1 aromatic rings. The molecule has 0 aliphatic rings. The van der Waals surface area contributed by atoms with Crippen LogP contribution >= 0.6 is 27.5 Å². The predicted molar refractivity (Wildman–Crippen MR) is 52.8 cm³/mol. The molecule has 0 aliphatic carbocycles. The van der Waals surface area contributed by atoms with Crippen molar-refractivity contribution in [3.63, 3.8) is 0 Å². The Morgan fingerprint density at radius 3 is 2.44 bits per heavy atom. The number of benzene rings is 1. The highest BCUT2D eigenvalue weighted by Gasteiger charge is 2.32. The van der Waals surface area contributed by atoms with E-state index in [-0.39, 0.29) is 10.0 Å². The minimum absolute atomic E-state index is 0.164. The summed E-state index contributed by atoms with van der Waals surface area (Å²) in [5, 5.41) is 8.21. The fourth-order valence-corrected chi connectivity index (χ4v) is 1.60. The number of alkyl halides is 3. The van der Waals surface area contributed by atoms with Crippen LogP contribution in [0.25, 0.3) is 0 Å². The van der Waals surface area contributed by atoms with Gasteiger partial charge >= 0.3 is 12.3 Å². The third-order valence-electron chi connectivity index (χ3n) is 1.50. The zero-order valence-electron chi connectivity index (χ0n) is 7.31. The Bertz CT molecular complexity index is 433. The molecule has 0 aliphatic heterocycles. The van der Waals surface area contributed by atoms with Crippen LogP contribution in [0.4, 0.5) is 13.2 Å². The molecule has 1 rings (SSSR count). The van der Waals surface area contributed by atoms with Crippen molar-refractivity contribution in [2.24, 2.45) is 0 Å². The Morgan fingerprint density at radius 1 is 1.44 bits per heavy atom. The van der Waals surface area contributed by atoms with Gasteiger partial charge in [-0.15, -0.1) is 13.2 Å². The standard InChI is InChI=1S/C8H3BrClF3O3/c9-5-3(7(14)15)1-2-4(6(5)10)16-8(11,12)13/h1-2H,(H,14,15). The molecule has 8 heteroatoms. The SMILES string of the molecule is O=C(O)c1ccc(OC(F)(F)F)c(Cl)c1Br. The van der Waals surface area contributed by atoms with E-state index >= 15 is 0 Å². The molecule has 0 saturated carbocycles. The Labute approximate surface area is 101 Å². The van der Waals surface area contributed by atoms with Gasteiger partial charge in [-0.05, 0) is 28.1 Å². The number of carboxylic acid groups (broad SMARTS) is 1. The van der Waals surface area contributed by atoms with Gasteiger partial charge < -0.3 is 9.84 Å². The second-order valence-corrected chi connectivity index (χ2v) is 3.76. The van der Waals surface area contributed by atoms with Gasteiger partial charge in [-0.1, -0.05) is 11.6 Å². The molecule has 16 heavy (non-hydrogen) atoms. The van der Waals surface area contributed by atoms with E-state index in [4.69, 9.17) is 16.7 Å². The summed E-state index contributed by atoms with van der Waals surface area (Å²) in [6, 6.07) is 1.80. The molecule has 0 radical (unpaired) electrons. The fourth-order valence-electron chi connectivity index (χ4n) is 0.900. The summed E-state index contributed by atoms with van der Waals surface area (Å²) in [4.78, 5) is 10.6. The first kappa shape index (κ1) is 13.1. The number of ether oxygens (including phenoxy) is 1. The van der Waals surface area contributed by atoms with Crippen LogP contribution < -0.4 is 4.74 Å². The number of carboxylic acids is 1. The maximum absolute atomic E-state index is 11.9. The molecule has 0 heterocycles. The van der Waals surface area contributed by atoms with Crippen molar-refractivity contribution in [1.82, 2.24) is 0 Å². The van der Waals surface area contributed by atoms with Gasteiger partial charge in [0.15, 0.2) is 0 Å². The van der Waals surface area contributed by atoms with Crippen molar-refractivity contribution in [1.29, 1.82) is 0 Å². The molecule has 0 unspecified atom stereocenters. The first-order valence-electron chi connectivity index (χ1n) is 3.69. The van der Waals surface area contributed by atoms with Gasteiger partial charge in [0.25, 0.3) is 0 Å². The minimum Gasteiger partial charge on any atom is -0.478 e. The quantitative estimate of drug-likeness (QED) is 0.904. The summed E-state index contributed by atoms with van der Waals surface area (Å²) >= 11 is 8.29. The second-order valence-electron chi connectivity index (χ2n) is 2.59. The number of rotatable bonds is 2. The van der Waals surface area contributed by atoms with E-state index in [2.05, 4.69) is 20.7 Å². The maximum atomic E-state index is 11.9. The molecule has 0 saturated heterocycles. The summed E-state index contributed by atoms with van der Waals surface area (Å²) in [6.07, 6.45) is -4.88. The van der Waals surface area contributed by atoms with E-state index < -0.39 is 23.1 Å². The molecule has 0 spiro atoms. The molecule has 1 aromatic carbocycles. The first-order valence-corrected chi connectivity index (χ1v) is 4.86. The van der Waals surface area contributed by atoms with Crippen LogP contribution in [0.3, 0.4) is 0 Å². The highest BCUT2D eigenvalue weighted by atomic mass is 79.9. The molecular weight excluding hydrogens is 316 g/mol. The van der Waals surface area contributed by atoms with E-state index in [1.807, 2.05) is 0 Å². The summed E-state index contributed by atoms with van der Waals surface area (Å²) in [6.45, 7) is 0. The summed E-state index contributed by atoms with van der Waals surface area (Å²) < 4.78 is 39.1. The van der Waals surface area contributed by atoms with Crippen LogP contribution in [0.1, 0.15) is 10.4 Å². The van der Waals surface area contributed by atoms with Gasteiger partial charge in [0, 0.05) is 0 Å². The second kappa shape index (κ2) is 4.50. The lowest BCUT2D eigenvalue weighted by Gasteiger charge is -2.11. The van der Waals surface area contributed by atoms with Crippen LogP contribution in [-0.2, 0) is 0 Å². The lowest BCUT2D eigenvalue weighted by molar-refractivity contribution is -0.274. The van der Waals surface area contributed by atoms with Crippen molar-refractivity contribution in [2.75, 3.05) is 0 Å². The Kier molecular flexibility index (Phi) is 3.69. The van der Waals surface area contributed by atoms with Crippen LogP contribution in [0.5, 0.6) is 5.75 Å². The lowest BCUT2D eigenvalue weighted by atomic mass is 10.2. The Balaban J connectivity index is 3.17. The van der Waals surface area contributed by atoms with Gasteiger partial charge in [0.05, 0.1) is 15.1 Å². The van der Waals surface area contributed by atoms with Crippen LogP contribution in [0, 0.1) is 0 Å². The summed E-state index contributed by atoms with van der Waals surface area (Å²) in [5.74, 6) is -1.97. The molecule has 0 amide bonds. The third kappa shape index (κ3) is 3.02. The number of carbonyl (C=O) groups is 1. The van der Waals surface area contributed by atoms with Crippen LogP contribution in [-0.4, -0.2) is 17.4 Å². The number of hydrogen-bond donors (Lipinski definition) is 1. The van der Waals surface area contributed by atoms with Crippen molar-refractivity contribution in [2.45, 2.75) is 6.36 Å². The van der Waals surface area contributed by atoms with E-state index in [1.165, 1.54) is 0 Å². The molecule has 0 fully saturated rings. The zero-order chi connectivity index (χ0) is 12.5. The van der Waals surface area contributed by atoms with Crippen molar-refractivity contribution >= 4 is 33.5 Å². The van der Waals surface area contributed by atoms with Gasteiger partial charge in [0.2, 0.25) is 0 Å². The fraction of sp³-hybridized carbons (Fsp3) is 0.125. The first-order chi connectivity index (χ1) is 7.22. The van der Waals surface area contributed by atoms with Crippen molar-refractivity contribution in [3.8, 4) is 5.75 Å². The molecule has 88 valence electrons. The average molecular weight is 319 g/mol. The molecule has 0 aromatic heterocycles. The summed E-state index contributed by atoms with van der Waals surface area (Å²) in [7, 11) is 0. The van der Waals surface area contributed by atoms with E-state index in [0.29, 0.717) is 0 Å². The van der Waals surface area contributed by atoms with Gasteiger partial charge in [0.1, 0.15) is 5.75 Å². The highest BCUT2D eigenvalue weighted by molar-refractivity contribution is 9.10. The van der Waals surface area contributed by atoms with Crippen molar-refractivity contribution in [3.05, 3.63) is 27.2 Å². The average Bonchev–Trinajstić information content (AvgIpc) is 2.10. The molecule has 3 nitrogen and oxygen atoms in total. The highest BCUT2D eigenvalue weighted by Crippen LogP contribution is 2.37. The number of hydrogen-bond acceptors (Lipinski definition) is 2. The smallest absolute Gasteiger partial charge is 0.478 e. The van der Waals surface area contributed by atoms with Crippen LogP contribution in [0.15, 0.2) is 16.6 Å². The maximum Gasteiger partial charge on any atom is 0.573 e. The molecular formula is C8H3BrClF3O3. The number of aromatic carboxylic acids is 1. The third-order valence-corrected chi connectivity index (χ3v) is 2.93. The predicted octanol–water partition coefficient (Wildman–Crippen LogP) is 3.70. The largest absolute Gasteiger partial charge is 0.573 e. The van der Waals surface area contributed by atoms with Gasteiger partial charge in [-0.2, -0.15) is 0 Å². The Morgan fingerprint density at radius 2 is 2.00 bits per heavy atom. The zero-order valence-corrected chi connectivity index (χ0v) is 9.65. The molecule has 0 bridgehead atoms. The van der Waals surface area contributed by atoms with E-state index in [0.717, 1.165) is 12.1 Å². The van der Waals surface area contributed by atoms with Gasteiger partial charge in [-0.25, -0.2) is 4.79 Å². The van der Waals surface area contributed by atoms with Gasteiger partial charge in [-0.3, -0.25) is 0 Å². The normalized spacial score (nSPS) is 11.3. The lowest BCUT2D eigenvalue weighted by Crippen LogP contribution is -2.17.